The zero-order valence-electron chi connectivity index (χ0n) is 19.5. The molecular formula is C17H24N7NaO7S4. The van der Waals surface area contributed by atoms with E-state index in [2.05, 4.69) is 24.9 Å². The topological polar surface area (TPSA) is 197 Å². The Morgan fingerprint density at radius 1 is 1.42 bits per heavy atom. The van der Waals surface area contributed by atoms with E-state index in [0.29, 0.717) is 37.0 Å². The van der Waals surface area contributed by atoms with Crippen LogP contribution in [0.1, 0.15) is 5.69 Å². The molecule has 14 nitrogen and oxygen atoms in total. The van der Waals surface area contributed by atoms with Crippen LogP contribution in [0.4, 0.5) is 5.13 Å². The second kappa shape index (κ2) is 13.6. The Bertz CT molecular complexity index is 1110. The maximum Gasteiger partial charge on any atom is 1.00 e. The number of hydrogen-bond acceptors (Lipinski definition) is 14. The Morgan fingerprint density at radius 2 is 2.08 bits per heavy atom. The van der Waals surface area contributed by atoms with Gasteiger partial charge in [-0.2, -0.15) is 8.42 Å². The number of aliphatic hydroxyl groups excluding tert-OH is 1. The average molecular weight is 590 g/mol. The minimum absolute atomic E-state index is 0. The summed E-state index contributed by atoms with van der Waals surface area (Å²) in [6.07, 6.45) is 0. The fraction of sp³-hybridized carbons (Fsp3) is 0.588. The molecular weight excluding hydrogens is 565 g/mol. The number of anilines is 1. The normalized spacial score (nSPS) is 21.7. The summed E-state index contributed by atoms with van der Waals surface area (Å²) in [5.41, 5.74) is 5.38. The number of amides is 1. The van der Waals surface area contributed by atoms with Gasteiger partial charge in [0, 0.05) is 49.8 Å². The van der Waals surface area contributed by atoms with Gasteiger partial charge in [-0.15, -0.1) is 11.3 Å². The van der Waals surface area contributed by atoms with Crippen LogP contribution in [0, 0.1) is 0 Å². The molecule has 1 aromatic heterocycles. The van der Waals surface area contributed by atoms with Gasteiger partial charge in [0.15, 0.2) is 11.2 Å². The molecule has 36 heavy (non-hydrogen) atoms. The summed E-state index contributed by atoms with van der Waals surface area (Å²) in [5, 5.41) is 27.1. The number of thioether (sulfide) groups is 1. The summed E-state index contributed by atoms with van der Waals surface area (Å²) in [4.78, 5) is 29.0. The largest absolute Gasteiger partial charge is 1.00 e. The number of rotatable bonds is 9. The number of thiazole rings is 1. The smallest absolute Gasteiger partial charge is 0.857 e. The number of aromatic nitrogens is 1. The molecule has 0 radical (unpaired) electrons. The molecule has 2 saturated heterocycles. The Balaban J connectivity index is 0.00000456. The molecule has 0 aromatic carbocycles. The molecule has 0 aliphatic carbocycles. The second-order valence-corrected chi connectivity index (χ2v) is 11.2. The fourth-order valence-corrected chi connectivity index (χ4v) is 6.41. The molecule has 1 amide bonds. The number of piperazine rings is 1. The van der Waals surface area contributed by atoms with Crippen LogP contribution in [-0.2, 0) is 19.9 Å². The molecule has 3 heterocycles. The first-order chi connectivity index (χ1) is 16.6. The van der Waals surface area contributed by atoms with Crippen LogP contribution in [0.2, 0.25) is 0 Å². The first kappa shape index (κ1) is 31.1. The van der Waals surface area contributed by atoms with Gasteiger partial charge in [0.05, 0.1) is 12.6 Å². The summed E-state index contributed by atoms with van der Waals surface area (Å²) in [6.45, 7) is 3.29. The second-order valence-electron chi connectivity index (χ2n) is 7.38. The summed E-state index contributed by atoms with van der Waals surface area (Å²) in [6, 6.07) is -2.51. The summed E-state index contributed by atoms with van der Waals surface area (Å²) < 4.78 is 33.8. The molecule has 2 aliphatic rings. The van der Waals surface area contributed by atoms with Crippen molar-refractivity contribution < 1.29 is 62.4 Å². The van der Waals surface area contributed by atoms with E-state index in [1.165, 1.54) is 12.5 Å². The fourth-order valence-electron chi connectivity index (χ4n) is 3.50. The van der Waals surface area contributed by atoms with Gasteiger partial charge < -0.3 is 25.7 Å². The number of nitrogen functional groups attached to an aromatic ring is 1. The van der Waals surface area contributed by atoms with Crippen molar-refractivity contribution in [2.24, 2.45) is 10.1 Å². The van der Waals surface area contributed by atoms with Crippen molar-refractivity contribution in [2.75, 3.05) is 57.9 Å². The molecule has 0 saturated carbocycles. The third kappa shape index (κ3) is 7.49. The monoisotopic (exact) mass is 589 g/mol. The van der Waals surface area contributed by atoms with E-state index in [9.17, 15) is 22.9 Å². The molecule has 0 spiro atoms. The van der Waals surface area contributed by atoms with E-state index in [4.69, 9.17) is 23.1 Å². The van der Waals surface area contributed by atoms with Crippen LogP contribution in [0.5, 0.6) is 0 Å². The first-order valence-corrected chi connectivity index (χ1v) is 13.9. The molecule has 2 fully saturated rings. The Hall–Kier alpha value is -1.09. The van der Waals surface area contributed by atoms with Crippen LogP contribution < -0.4 is 40.4 Å². The zero-order valence-corrected chi connectivity index (χ0v) is 24.8. The zero-order chi connectivity index (χ0) is 25.8. The molecule has 1 aromatic rings. The van der Waals surface area contributed by atoms with Gasteiger partial charge in [-0.3, -0.25) is 19.2 Å². The standard InChI is InChI=1S/C17H25N7O7S4.Na/c1-31-21-12(10-8-33-16(18)19-10)14(26)20-13-11(24(15(13)27)35(28,29)30)9-34-17(32)23-4-2-22(3-5-23)6-7-25;/h8,11,13,25H,2-7,9H2,1H3,(H2,18,19)(H,20,26)(H,28,29,30);/q;+1/p-1/b21-12-;/t11-,13+;/m1./s1. The van der Waals surface area contributed by atoms with Gasteiger partial charge in [-0.25, -0.2) is 9.29 Å². The van der Waals surface area contributed by atoms with Crippen LogP contribution in [0.3, 0.4) is 0 Å². The SMILES string of the molecule is CO/N=C(\C([O-])=N[C@@H]1C(=O)N(S(=O)(=O)O)[C@@H]1CSC(=S)N1CCN(CCO)CC1)c1csc(N)n1.[Na+]. The Kier molecular flexibility index (Phi) is 11.8. The van der Waals surface area contributed by atoms with Crippen LogP contribution >= 0.6 is 35.3 Å². The predicted molar refractivity (Wildman–Crippen MR) is 134 cm³/mol. The van der Waals surface area contributed by atoms with Crippen LogP contribution in [0.25, 0.3) is 0 Å². The molecule has 19 heteroatoms. The van der Waals surface area contributed by atoms with Crippen molar-refractivity contribution >= 4 is 72.6 Å². The first-order valence-electron chi connectivity index (χ1n) is 10.2. The van der Waals surface area contributed by atoms with Crippen molar-refractivity contribution in [2.45, 2.75) is 12.1 Å². The minimum atomic E-state index is -4.87. The van der Waals surface area contributed by atoms with Crippen LogP contribution in [0.15, 0.2) is 15.5 Å². The number of β-amino-alcohol motifs (C(OH)–C–C–N with tert-alkyl or cyclic N) is 1. The number of thiocarbonyl (C=S) groups is 1. The molecule has 4 N–H and O–H groups in total. The maximum absolute atomic E-state index is 12.8. The number of carbonyl (C=O) groups excluding carboxylic acids is 1. The quantitative estimate of drug-likeness (QED) is 0.0471. The van der Waals surface area contributed by atoms with Crippen LogP contribution in [-0.4, -0.2) is 123 Å². The Labute approximate surface area is 243 Å². The van der Waals surface area contributed by atoms with E-state index in [1.807, 2.05) is 4.90 Å². The van der Waals surface area contributed by atoms with Crippen molar-refractivity contribution in [3.8, 4) is 0 Å². The number of nitrogens with two attached hydrogens (primary N) is 1. The maximum atomic E-state index is 12.8. The minimum Gasteiger partial charge on any atom is -0.857 e. The van der Waals surface area contributed by atoms with Crippen molar-refractivity contribution in [3.05, 3.63) is 11.1 Å². The predicted octanol–water partition coefficient (Wildman–Crippen LogP) is -5.15. The molecule has 3 rings (SSSR count). The van der Waals surface area contributed by atoms with E-state index >= 15 is 0 Å². The van der Waals surface area contributed by atoms with Gasteiger partial charge in [0.25, 0.3) is 5.91 Å². The molecule has 2 aliphatic heterocycles. The van der Waals surface area contributed by atoms with Gasteiger partial charge in [0.2, 0.25) is 0 Å². The molecule has 0 bridgehead atoms. The van der Waals surface area contributed by atoms with E-state index in [1.54, 1.807) is 0 Å². The number of aliphatic hydroxyl groups is 1. The van der Waals surface area contributed by atoms with Gasteiger partial charge in [0.1, 0.15) is 22.8 Å². The number of aliphatic imine (C=N–C) groups is 1. The van der Waals surface area contributed by atoms with Crippen molar-refractivity contribution in [1.82, 2.24) is 19.1 Å². The summed E-state index contributed by atoms with van der Waals surface area (Å²) in [7, 11) is -3.66. The van der Waals surface area contributed by atoms with E-state index < -0.39 is 34.2 Å². The third-order valence-corrected chi connectivity index (χ3v) is 8.46. The van der Waals surface area contributed by atoms with Gasteiger partial charge in [-0.1, -0.05) is 29.1 Å². The van der Waals surface area contributed by atoms with Gasteiger partial charge in [-0.05, 0) is 0 Å². The number of oxime groups is 1. The summed E-state index contributed by atoms with van der Waals surface area (Å²) >= 11 is 7.63. The number of carbonyl (C=O) groups is 1. The van der Waals surface area contributed by atoms with Gasteiger partial charge >= 0.3 is 39.9 Å². The summed E-state index contributed by atoms with van der Waals surface area (Å²) in [5.74, 6) is -2.03. The molecule has 2 atom stereocenters. The average Bonchev–Trinajstić information content (AvgIpc) is 3.23. The number of hydrogen-bond donors (Lipinski definition) is 3. The third-order valence-electron chi connectivity index (χ3n) is 5.21. The number of nitrogens with zero attached hydrogens (tertiary/aromatic N) is 6. The van der Waals surface area contributed by atoms with Crippen molar-refractivity contribution in [1.29, 1.82) is 0 Å². The van der Waals surface area contributed by atoms with E-state index in [-0.39, 0.29) is 62.8 Å². The Morgan fingerprint density at radius 3 is 2.61 bits per heavy atom. The molecule has 194 valence electrons. The molecule has 0 unspecified atom stereocenters. The number of β-lactam (4-membered cyclic amide) rings is 1. The van der Waals surface area contributed by atoms with E-state index in [0.717, 1.165) is 23.1 Å². The van der Waals surface area contributed by atoms with Crippen molar-refractivity contribution in [3.63, 3.8) is 0 Å².